The van der Waals surface area contributed by atoms with Crippen molar-refractivity contribution in [3.05, 3.63) is 88.7 Å². The number of amides is 4. The molecule has 162 valence electrons. The fourth-order valence-corrected chi connectivity index (χ4v) is 3.48. The van der Waals surface area contributed by atoms with Crippen LogP contribution in [0.1, 0.15) is 11.3 Å². The standard InChI is InChI=1S/C24H20ClN3O4/c1-16-9-10-18(15-21(16)25)28-23(30)20(22(29)26-24(28)31)14-17-6-5-11-27(17)12-13-32-19-7-3-2-4-8-19/h2-11,14-15H,12-13H2,1H3,(H,26,29,31). The lowest BCUT2D eigenvalue weighted by atomic mass is 10.1. The molecule has 0 atom stereocenters. The van der Waals surface area contributed by atoms with E-state index in [-0.39, 0.29) is 11.3 Å². The van der Waals surface area contributed by atoms with Crippen molar-refractivity contribution in [1.82, 2.24) is 9.88 Å². The SMILES string of the molecule is Cc1ccc(N2C(=O)NC(=O)C(=Cc3cccn3CCOc3ccccc3)C2=O)cc1Cl. The van der Waals surface area contributed by atoms with Crippen molar-refractivity contribution >= 4 is 41.2 Å². The van der Waals surface area contributed by atoms with Crippen molar-refractivity contribution < 1.29 is 19.1 Å². The van der Waals surface area contributed by atoms with Crippen LogP contribution in [-0.4, -0.2) is 29.0 Å². The molecule has 32 heavy (non-hydrogen) atoms. The highest BCUT2D eigenvalue weighted by atomic mass is 35.5. The zero-order valence-corrected chi connectivity index (χ0v) is 18.0. The van der Waals surface area contributed by atoms with Gasteiger partial charge in [0.1, 0.15) is 17.9 Å². The number of para-hydroxylation sites is 1. The van der Waals surface area contributed by atoms with Gasteiger partial charge in [0.2, 0.25) is 0 Å². The first-order chi connectivity index (χ1) is 15.4. The van der Waals surface area contributed by atoms with Crippen molar-refractivity contribution in [2.75, 3.05) is 11.5 Å². The first kappa shape index (κ1) is 21.4. The Balaban J connectivity index is 1.56. The molecule has 1 aliphatic rings. The molecule has 7 nitrogen and oxygen atoms in total. The van der Waals surface area contributed by atoms with Crippen molar-refractivity contribution in [3.8, 4) is 5.75 Å². The van der Waals surface area contributed by atoms with E-state index in [1.807, 2.05) is 54.1 Å². The molecule has 2 aromatic carbocycles. The number of ether oxygens (including phenoxy) is 1. The van der Waals surface area contributed by atoms with Crippen LogP contribution in [0.5, 0.6) is 5.75 Å². The van der Waals surface area contributed by atoms with E-state index in [2.05, 4.69) is 5.32 Å². The molecule has 4 amide bonds. The molecular weight excluding hydrogens is 430 g/mol. The van der Waals surface area contributed by atoms with Gasteiger partial charge < -0.3 is 9.30 Å². The van der Waals surface area contributed by atoms with Crippen molar-refractivity contribution in [2.24, 2.45) is 0 Å². The Hall–Kier alpha value is -3.84. The number of hydrogen-bond donors (Lipinski definition) is 1. The molecule has 1 aromatic heterocycles. The van der Waals surface area contributed by atoms with E-state index >= 15 is 0 Å². The van der Waals surface area contributed by atoms with Gasteiger partial charge in [0, 0.05) is 16.9 Å². The Morgan fingerprint density at radius 2 is 1.81 bits per heavy atom. The Morgan fingerprint density at radius 1 is 1.03 bits per heavy atom. The third-order valence-electron chi connectivity index (χ3n) is 5.02. The van der Waals surface area contributed by atoms with Crippen molar-refractivity contribution in [1.29, 1.82) is 0 Å². The fourth-order valence-electron chi connectivity index (χ4n) is 3.30. The largest absolute Gasteiger partial charge is 0.492 e. The van der Waals surface area contributed by atoms with Gasteiger partial charge in [0.25, 0.3) is 11.8 Å². The minimum absolute atomic E-state index is 0.148. The third-order valence-corrected chi connectivity index (χ3v) is 5.42. The summed E-state index contributed by atoms with van der Waals surface area (Å²) in [6.07, 6.45) is 3.30. The summed E-state index contributed by atoms with van der Waals surface area (Å²) in [6.45, 7) is 2.73. The van der Waals surface area contributed by atoms with Crippen LogP contribution in [0.25, 0.3) is 6.08 Å². The number of carbonyl (C=O) groups is 3. The number of halogens is 1. The third kappa shape index (κ3) is 4.43. The number of hydrogen-bond acceptors (Lipinski definition) is 4. The molecule has 2 heterocycles. The molecule has 0 spiro atoms. The maximum atomic E-state index is 13.1. The molecular formula is C24H20ClN3O4. The fraction of sp³-hybridized carbons (Fsp3) is 0.125. The van der Waals surface area contributed by atoms with Crippen LogP contribution >= 0.6 is 11.6 Å². The highest BCUT2D eigenvalue weighted by Crippen LogP contribution is 2.26. The van der Waals surface area contributed by atoms with Crippen LogP contribution in [0.3, 0.4) is 0 Å². The number of carbonyl (C=O) groups excluding carboxylic acids is 3. The van der Waals surface area contributed by atoms with Gasteiger partial charge in [-0.25, -0.2) is 9.69 Å². The number of barbiturate groups is 1. The number of aryl methyl sites for hydroxylation is 1. The first-order valence-electron chi connectivity index (χ1n) is 9.94. The van der Waals surface area contributed by atoms with E-state index < -0.39 is 17.8 Å². The van der Waals surface area contributed by atoms with Crippen LogP contribution in [-0.2, 0) is 16.1 Å². The summed E-state index contributed by atoms with van der Waals surface area (Å²) in [7, 11) is 0. The molecule has 1 aliphatic heterocycles. The zero-order chi connectivity index (χ0) is 22.7. The summed E-state index contributed by atoms with van der Waals surface area (Å²) in [6, 6.07) is 17.0. The summed E-state index contributed by atoms with van der Waals surface area (Å²) < 4.78 is 7.58. The van der Waals surface area contributed by atoms with E-state index in [1.54, 1.807) is 18.2 Å². The number of benzene rings is 2. The molecule has 1 saturated heterocycles. The highest BCUT2D eigenvalue weighted by molar-refractivity contribution is 6.39. The van der Waals surface area contributed by atoms with Gasteiger partial charge in [-0.3, -0.25) is 14.9 Å². The van der Waals surface area contributed by atoms with Crippen LogP contribution in [0.2, 0.25) is 5.02 Å². The minimum Gasteiger partial charge on any atom is -0.492 e. The highest BCUT2D eigenvalue weighted by Gasteiger charge is 2.37. The number of nitrogens with one attached hydrogen (secondary N) is 1. The lowest BCUT2D eigenvalue weighted by Gasteiger charge is -2.26. The average molecular weight is 450 g/mol. The average Bonchev–Trinajstić information content (AvgIpc) is 3.21. The lowest BCUT2D eigenvalue weighted by molar-refractivity contribution is -0.122. The molecule has 0 unspecified atom stereocenters. The van der Waals surface area contributed by atoms with Gasteiger partial charge in [0.15, 0.2) is 0 Å². The Morgan fingerprint density at radius 3 is 2.56 bits per heavy atom. The number of imide groups is 2. The molecule has 1 fully saturated rings. The zero-order valence-electron chi connectivity index (χ0n) is 17.2. The van der Waals surface area contributed by atoms with Gasteiger partial charge >= 0.3 is 6.03 Å². The van der Waals surface area contributed by atoms with Crippen molar-refractivity contribution in [3.63, 3.8) is 0 Å². The molecule has 0 saturated carbocycles. The van der Waals surface area contributed by atoms with Gasteiger partial charge in [-0.15, -0.1) is 0 Å². The molecule has 0 aliphatic carbocycles. The molecule has 0 radical (unpaired) electrons. The predicted octanol–water partition coefficient (Wildman–Crippen LogP) is 4.20. The quantitative estimate of drug-likeness (QED) is 0.452. The molecule has 1 N–H and O–H groups in total. The predicted molar refractivity (Wildman–Crippen MR) is 122 cm³/mol. The summed E-state index contributed by atoms with van der Waals surface area (Å²) in [5.41, 5.74) is 1.58. The first-order valence-corrected chi connectivity index (χ1v) is 10.3. The van der Waals surface area contributed by atoms with E-state index in [0.717, 1.165) is 16.2 Å². The van der Waals surface area contributed by atoms with Crippen LogP contribution < -0.4 is 15.0 Å². The maximum Gasteiger partial charge on any atom is 0.335 e. The second kappa shape index (κ2) is 9.11. The summed E-state index contributed by atoms with van der Waals surface area (Å²) in [5.74, 6) is -0.706. The second-order valence-corrected chi connectivity index (χ2v) is 7.59. The lowest BCUT2D eigenvalue weighted by Crippen LogP contribution is -2.54. The number of nitrogens with zero attached hydrogens (tertiary/aromatic N) is 2. The molecule has 0 bridgehead atoms. The number of urea groups is 1. The van der Waals surface area contributed by atoms with E-state index in [9.17, 15) is 14.4 Å². The van der Waals surface area contributed by atoms with Crippen LogP contribution in [0, 0.1) is 6.92 Å². The minimum atomic E-state index is -0.816. The van der Waals surface area contributed by atoms with Gasteiger partial charge in [0.05, 0.1) is 12.2 Å². The Bertz CT molecular complexity index is 1220. The van der Waals surface area contributed by atoms with Gasteiger partial charge in [-0.1, -0.05) is 35.9 Å². The maximum absolute atomic E-state index is 13.1. The Labute approximate surface area is 189 Å². The number of rotatable bonds is 6. The summed E-state index contributed by atoms with van der Waals surface area (Å²) in [5, 5.41) is 2.64. The number of aromatic nitrogens is 1. The monoisotopic (exact) mass is 449 g/mol. The second-order valence-electron chi connectivity index (χ2n) is 7.18. The summed E-state index contributed by atoms with van der Waals surface area (Å²) in [4.78, 5) is 38.8. The van der Waals surface area contributed by atoms with E-state index in [4.69, 9.17) is 16.3 Å². The Kier molecular flexibility index (Phi) is 6.09. The van der Waals surface area contributed by atoms with E-state index in [1.165, 1.54) is 12.1 Å². The van der Waals surface area contributed by atoms with Crippen LogP contribution in [0.4, 0.5) is 10.5 Å². The summed E-state index contributed by atoms with van der Waals surface area (Å²) >= 11 is 6.16. The van der Waals surface area contributed by atoms with E-state index in [0.29, 0.717) is 23.9 Å². The van der Waals surface area contributed by atoms with Gasteiger partial charge in [-0.05, 0) is 55.0 Å². The van der Waals surface area contributed by atoms with Crippen LogP contribution in [0.15, 0.2) is 72.4 Å². The normalized spacial score (nSPS) is 15.2. The molecule has 3 aromatic rings. The van der Waals surface area contributed by atoms with Gasteiger partial charge in [-0.2, -0.15) is 0 Å². The number of anilines is 1. The van der Waals surface area contributed by atoms with Crippen molar-refractivity contribution in [2.45, 2.75) is 13.5 Å². The molecule has 4 rings (SSSR count). The molecule has 8 heteroatoms. The smallest absolute Gasteiger partial charge is 0.335 e. The topological polar surface area (TPSA) is 80.6 Å².